The monoisotopic (exact) mass is 369 g/mol. The lowest BCUT2D eigenvalue weighted by Gasteiger charge is -2.33. The van der Waals surface area contributed by atoms with Crippen molar-refractivity contribution in [2.75, 3.05) is 30.3 Å². The number of carbonyl (C=O) groups is 1. The van der Waals surface area contributed by atoms with Crippen LogP contribution in [0.4, 0.5) is 5.69 Å². The fraction of sp³-hybridized carbons (Fsp3) is 0.429. The first-order chi connectivity index (χ1) is 12.7. The van der Waals surface area contributed by atoms with Gasteiger partial charge < -0.3 is 10.2 Å². The van der Waals surface area contributed by atoms with Crippen LogP contribution in [0.1, 0.15) is 25.0 Å². The quantitative estimate of drug-likeness (QED) is 0.752. The van der Waals surface area contributed by atoms with Crippen LogP contribution in [0.15, 0.2) is 53.6 Å². The van der Waals surface area contributed by atoms with Crippen molar-refractivity contribution < 1.29 is 4.79 Å². The number of aromatic nitrogens is 1. The molecule has 0 bridgehead atoms. The van der Waals surface area contributed by atoms with Crippen molar-refractivity contribution in [3.8, 4) is 0 Å². The Morgan fingerprint density at radius 2 is 2.00 bits per heavy atom. The van der Waals surface area contributed by atoms with Gasteiger partial charge in [0, 0.05) is 54.3 Å². The number of benzene rings is 1. The van der Waals surface area contributed by atoms with E-state index in [1.807, 2.05) is 31.3 Å². The Morgan fingerprint density at radius 3 is 2.73 bits per heavy atom. The first-order valence-corrected chi connectivity index (χ1v) is 10.3. The topological polar surface area (TPSA) is 45.2 Å². The molecule has 3 rings (SSSR count). The van der Waals surface area contributed by atoms with E-state index < -0.39 is 0 Å². The molecule has 0 radical (unpaired) electrons. The zero-order chi connectivity index (χ0) is 18.2. The van der Waals surface area contributed by atoms with Gasteiger partial charge in [-0.05, 0) is 49.9 Å². The van der Waals surface area contributed by atoms with E-state index in [4.69, 9.17) is 0 Å². The van der Waals surface area contributed by atoms with Crippen LogP contribution in [0.3, 0.4) is 0 Å². The zero-order valence-corrected chi connectivity index (χ0v) is 16.2. The van der Waals surface area contributed by atoms with Crippen molar-refractivity contribution in [2.24, 2.45) is 5.92 Å². The van der Waals surface area contributed by atoms with E-state index in [1.54, 1.807) is 11.8 Å². The number of thioether (sulfide) groups is 1. The molecule has 0 saturated carbocycles. The molecule has 0 spiro atoms. The maximum absolute atomic E-state index is 12.1. The summed E-state index contributed by atoms with van der Waals surface area (Å²) in [6.45, 7) is 4.93. The second-order valence-corrected chi connectivity index (χ2v) is 7.97. The Bertz CT molecular complexity index is 699. The molecule has 2 heterocycles. The number of rotatable bonds is 7. The van der Waals surface area contributed by atoms with Crippen LogP contribution >= 0.6 is 11.8 Å². The van der Waals surface area contributed by atoms with E-state index in [1.165, 1.54) is 10.6 Å². The molecule has 0 aliphatic carbocycles. The molecule has 1 aliphatic rings. The van der Waals surface area contributed by atoms with E-state index in [2.05, 4.69) is 39.5 Å². The Balaban J connectivity index is 1.32. The molecule has 5 heteroatoms. The van der Waals surface area contributed by atoms with Gasteiger partial charge in [0.25, 0.3) is 0 Å². The van der Waals surface area contributed by atoms with Crippen molar-refractivity contribution in [1.29, 1.82) is 0 Å². The van der Waals surface area contributed by atoms with Crippen LogP contribution in [0.2, 0.25) is 0 Å². The van der Waals surface area contributed by atoms with Crippen LogP contribution < -0.4 is 10.2 Å². The minimum atomic E-state index is 0.167. The maximum Gasteiger partial charge on any atom is 0.220 e. The van der Waals surface area contributed by atoms with Crippen LogP contribution in [-0.2, 0) is 4.79 Å². The fourth-order valence-corrected chi connectivity index (χ4v) is 4.12. The van der Waals surface area contributed by atoms with Crippen molar-refractivity contribution in [2.45, 2.75) is 31.1 Å². The molecule has 1 aromatic heterocycles. The molecule has 1 amide bonds. The number of carbonyl (C=O) groups excluding carboxylic acids is 1. The summed E-state index contributed by atoms with van der Waals surface area (Å²) < 4.78 is 0. The molecule has 1 aromatic carbocycles. The number of piperidine rings is 1. The summed E-state index contributed by atoms with van der Waals surface area (Å²) in [4.78, 5) is 20.0. The van der Waals surface area contributed by atoms with Crippen LogP contribution in [0, 0.1) is 12.8 Å². The largest absolute Gasteiger partial charge is 0.371 e. The molecule has 1 saturated heterocycles. The molecule has 1 N–H and O–H groups in total. The third-order valence-corrected chi connectivity index (χ3v) is 5.80. The third kappa shape index (κ3) is 5.77. The lowest BCUT2D eigenvalue weighted by Crippen LogP contribution is -2.38. The van der Waals surface area contributed by atoms with Crippen LogP contribution in [-0.4, -0.2) is 36.3 Å². The van der Waals surface area contributed by atoms with E-state index in [-0.39, 0.29) is 5.91 Å². The SMILES string of the molecule is Cc1cc(N2CCC(CNC(=O)CCSc3ccccc3)CC2)ccn1. The second-order valence-electron chi connectivity index (χ2n) is 6.80. The maximum atomic E-state index is 12.1. The first kappa shape index (κ1) is 18.8. The van der Waals surface area contributed by atoms with Gasteiger partial charge in [-0.1, -0.05) is 18.2 Å². The lowest BCUT2D eigenvalue weighted by molar-refractivity contribution is -0.120. The smallest absolute Gasteiger partial charge is 0.220 e. The Kier molecular flexibility index (Phi) is 6.95. The minimum Gasteiger partial charge on any atom is -0.371 e. The summed E-state index contributed by atoms with van der Waals surface area (Å²) >= 11 is 1.74. The highest BCUT2D eigenvalue weighted by Gasteiger charge is 2.20. The predicted molar refractivity (Wildman–Crippen MR) is 109 cm³/mol. The van der Waals surface area contributed by atoms with E-state index in [9.17, 15) is 4.79 Å². The van der Waals surface area contributed by atoms with Gasteiger partial charge in [-0.2, -0.15) is 0 Å². The molecule has 0 unspecified atom stereocenters. The number of aryl methyl sites for hydroxylation is 1. The van der Waals surface area contributed by atoms with Crippen molar-refractivity contribution in [3.63, 3.8) is 0 Å². The lowest BCUT2D eigenvalue weighted by atomic mass is 9.96. The van der Waals surface area contributed by atoms with Gasteiger partial charge in [-0.3, -0.25) is 9.78 Å². The number of pyridine rings is 1. The van der Waals surface area contributed by atoms with Gasteiger partial charge in [0.2, 0.25) is 5.91 Å². The van der Waals surface area contributed by atoms with Gasteiger partial charge in [0.15, 0.2) is 0 Å². The van der Waals surface area contributed by atoms with E-state index in [0.717, 1.165) is 43.9 Å². The summed E-state index contributed by atoms with van der Waals surface area (Å²) in [6.07, 6.45) is 4.71. The molecule has 0 atom stereocenters. The Morgan fingerprint density at radius 1 is 1.23 bits per heavy atom. The van der Waals surface area contributed by atoms with Crippen molar-refractivity contribution in [3.05, 3.63) is 54.4 Å². The summed E-state index contributed by atoms with van der Waals surface area (Å²) in [5, 5.41) is 3.12. The molecular formula is C21H27N3OS. The average molecular weight is 370 g/mol. The van der Waals surface area contributed by atoms with Crippen LogP contribution in [0.25, 0.3) is 0 Å². The normalized spacial score (nSPS) is 15.0. The number of anilines is 1. The number of hydrogen-bond acceptors (Lipinski definition) is 4. The summed E-state index contributed by atoms with van der Waals surface area (Å²) in [5.74, 6) is 1.58. The average Bonchev–Trinajstić information content (AvgIpc) is 2.68. The number of nitrogens with zero attached hydrogens (tertiary/aromatic N) is 2. The molecule has 26 heavy (non-hydrogen) atoms. The third-order valence-electron chi connectivity index (χ3n) is 4.79. The van der Waals surface area contributed by atoms with E-state index in [0.29, 0.717) is 12.3 Å². The minimum absolute atomic E-state index is 0.167. The Labute approximate surface area is 160 Å². The standard InChI is InChI=1S/C21H27N3OS/c1-17-15-19(7-11-22-17)24-12-8-18(9-13-24)16-23-21(25)10-14-26-20-5-3-2-4-6-20/h2-7,11,15,18H,8-10,12-14,16H2,1H3,(H,23,25). The molecular weight excluding hydrogens is 342 g/mol. The second kappa shape index (κ2) is 9.62. The summed E-state index contributed by atoms with van der Waals surface area (Å²) in [5.41, 5.74) is 2.32. The van der Waals surface area contributed by atoms with Gasteiger partial charge in [-0.15, -0.1) is 11.8 Å². The van der Waals surface area contributed by atoms with Crippen LogP contribution in [0.5, 0.6) is 0 Å². The number of hydrogen-bond donors (Lipinski definition) is 1. The molecule has 1 fully saturated rings. The van der Waals surface area contributed by atoms with Gasteiger partial charge >= 0.3 is 0 Å². The fourth-order valence-electron chi connectivity index (χ4n) is 3.25. The first-order valence-electron chi connectivity index (χ1n) is 9.33. The summed E-state index contributed by atoms with van der Waals surface area (Å²) in [7, 11) is 0. The summed E-state index contributed by atoms with van der Waals surface area (Å²) in [6, 6.07) is 14.5. The van der Waals surface area contributed by atoms with Crippen molar-refractivity contribution in [1.82, 2.24) is 10.3 Å². The number of nitrogens with one attached hydrogen (secondary N) is 1. The van der Waals surface area contributed by atoms with Gasteiger partial charge in [-0.25, -0.2) is 0 Å². The highest BCUT2D eigenvalue weighted by atomic mass is 32.2. The molecule has 138 valence electrons. The number of amides is 1. The predicted octanol–water partition coefficient (Wildman–Crippen LogP) is 3.91. The van der Waals surface area contributed by atoms with Gasteiger partial charge in [0.05, 0.1) is 0 Å². The molecule has 1 aliphatic heterocycles. The molecule has 2 aromatic rings. The highest BCUT2D eigenvalue weighted by Crippen LogP contribution is 2.23. The molecule has 4 nitrogen and oxygen atoms in total. The zero-order valence-electron chi connectivity index (χ0n) is 15.4. The Hall–Kier alpha value is -2.01. The van der Waals surface area contributed by atoms with Gasteiger partial charge in [0.1, 0.15) is 0 Å². The van der Waals surface area contributed by atoms with Crippen molar-refractivity contribution >= 4 is 23.4 Å². The van der Waals surface area contributed by atoms with E-state index >= 15 is 0 Å². The highest BCUT2D eigenvalue weighted by molar-refractivity contribution is 7.99.